The van der Waals surface area contributed by atoms with Crippen molar-refractivity contribution in [3.8, 4) is 0 Å². The number of nitrogens with one attached hydrogen (secondary N) is 1. The second-order valence-electron chi connectivity index (χ2n) is 6.79. The number of nitrogens with zero attached hydrogens (tertiary/aromatic N) is 3. The Balaban J connectivity index is 1.76. The van der Waals surface area contributed by atoms with Gasteiger partial charge >= 0.3 is 0 Å². The van der Waals surface area contributed by atoms with Crippen LogP contribution in [0.4, 0.5) is 0 Å². The number of fused-ring (bicyclic) bond motifs is 1. The van der Waals surface area contributed by atoms with Crippen molar-refractivity contribution in [2.45, 2.75) is 32.2 Å². The molecule has 160 valence electrons. The highest BCUT2D eigenvalue weighted by molar-refractivity contribution is 7.89. The Kier molecular flexibility index (Phi) is 6.80. The topological polar surface area (TPSA) is 84.3 Å². The van der Waals surface area contributed by atoms with Crippen molar-refractivity contribution < 1.29 is 13.2 Å². The van der Waals surface area contributed by atoms with Crippen LogP contribution in [0, 0.1) is 6.92 Å². The first kappa shape index (κ1) is 22.3. The number of sulfonamides is 1. The third kappa shape index (κ3) is 4.35. The quantitative estimate of drug-likeness (QED) is 0.572. The lowest BCUT2D eigenvalue weighted by molar-refractivity contribution is 0.0952. The zero-order valence-corrected chi connectivity index (χ0v) is 18.8. The molecule has 1 heterocycles. The fraction of sp³-hybridized carbons (Fsp3) is 0.333. The van der Waals surface area contributed by atoms with Crippen molar-refractivity contribution in [2.75, 3.05) is 19.6 Å². The van der Waals surface area contributed by atoms with Gasteiger partial charge in [0.15, 0.2) is 0 Å². The first-order valence-electron chi connectivity index (χ1n) is 9.79. The van der Waals surface area contributed by atoms with E-state index in [0.717, 1.165) is 16.9 Å². The van der Waals surface area contributed by atoms with E-state index in [1.165, 1.54) is 22.5 Å². The Labute approximate surface area is 181 Å². The largest absolute Gasteiger partial charge is 0.350 e. The van der Waals surface area contributed by atoms with Crippen LogP contribution >= 0.6 is 11.6 Å². The minimum Gasteiger partial charge on any atom is -0.350 e. The first-order chi connectivity index (χ1) is 14.3. The minimum absolute atomic E-state index is 0.0530. The van der Waals surface area contributed by atoms with Gasteiger partial charge in [0.05, 0.1) is 26.5 Å². The minimum atomic E-state index is -3.68. The molecule has 30 heavy (non-hydrogen) atoms. The summed E-state index contributed by atoms with van der Waals surface area (Å²) in [6.07, 6.45) is 0. The van der Waals surface area contributed by atoms with Gasteiger partial charge in [-0.2, -0.15) is 4.31 Å². The molecule has 2 aromatic carbocycles. The molecule has 0 aliphatic carbocycles. The molecule has 0 atom stereocenters. The molecule has 1 amide bonds. The number of imidazole rings is 1. The van der Waals surface area contributed by atoms with E-state index in [1.54, 1.807) is 13.8 Å². The summed E-state index contributed by atoms with van der Waals surface area (Å²) in [5.74, 6) is 0.439. The summed E-state index contributed by atoms with van der Waals surface area (Å²) in [6.45, 7) is 7.04. The Morgan fingerprint density at radius 3 is 2.57 bits per heavy atom. The van der Waals surface area contributed by atoms with Crippen molar-refractivity contribution in [1.29, 1.82) is 0 Å². The maximum atomic E-state index is 12.8. The summed E-state index contributed by atoms with van der Waals surface area (Å²) >= 11 is 6.19. The lowest BCUT2D eigenvalue weighted by Crippen LogP contribution is -2.31. The molecule has 0 radical (unpaired) electrons. The average Bonchev–Trinajstić information content (AvgIpc) is 3.04. The van der Waals surface area contributed by atoms with Crippen LogP contribution in [-0.2, 0) is 16.6 Å². The van der Waals surface area contributed by atoms with E-state index in [1.807, 2.05) is 35.8 Å². The molecule has 7 nitrogen and oxygen atoms in total. The number of aryl methyl sites for hydroxylation is 1. The second kappa shape index (κ2) is 9.16. The lowest BCUT2D eigenvalue weighted by atomic mass is 10.2. The summed E-state index contributed by atoms with van der Waals surface area (Å²) in [5, 5.41) is 3.03. The highest BCUT2D eigenvalue weighted by Gasteiger charge is 2.23. The monoisotopic (exact) mass is 448 g/mol. The predicted octanol–water partition coefficient (Wildman–Crippen LogP) is 3.46. The Morgan fingerprint density at radius 1 is 1.17 bits per heavy atom. The molecule has 0 fully saturated rings. The molecule has 0 aliphatic heterocycles. The number of halogens is 1. The third-order valence-electron chi connectivity index (χ3n) is 4.99. The molecule has 0 bridgehead atoms. The van der Waals surface area contributed by atoms with E-state index in [0.29, 0.717) is 26.2 Å². The molecule has 0 spiro atoms. The average molecular weight is 449 g/mol. The van der Waals surface area contributed by atoms with Gasteiger partial charge < -0.3 is 9.88 Å². The van der Waals surface area contributed by atoms with Crippen molar-refractivity contribution in [3.05, 3.63) is 58.9 Å². The van der Waals surface area contributed by atoms with Crippen LogP contribution in [0.1, 0.15) is 30.0 Å². The van der Waals surface area contributed by atoms with Gasteiger partial charge in [-0.25, -0.2) is 13.4 Å². The molecular weight excluding hydrogens is 424 g/mol. The van der Waals surface area contributed by atoms with Crippen molar-refractivity contribution in [2.24, 2.45) is 0 Å². The van der Waals surface area contributed by atoms with Gasteiger partial charge in [0.2, 0.25) is 10.0 Å². The zero-order chi connectivity index (χ0) is 21.9. The first-order valence-corrected chi connectivity index (χ1v) is 11.6. The highest BCUT2D eigenvalue weighted by Crippen LogP contribution is 2.23. The fourth-order valence-corrected chi connectivity index (χ4v) is 5.09. The number of benzene rings is 2. The summed E-state index contributed by atoms with van der Waals surface area (Å²) in [6, 6.07) is 12.0. The van der Waals surface area contributed by atoms with Crippen molar-refractivity contribution in [3.63, 3.8) is 0 Å². The van der Waals surface area contributed by atoms with E-state index < -0.39 is 15.9 Å². The van der Waals surface area contributed by atoms with Crippen molar-refractivity contribution in [1.82, 2.24) is 19.2 Å². The molecule has 0 saturated carbocycles. The Morgan fingerprint density at radius 2 is 1.87 bits per heavy atom. The number of amides is 1. The van der Waals surface area contributed by atoms with Gasteiger partial charge in [0.25, 0.3) is 5.91 Å². The molecule has 3 aromatic rings. The van der Waals surface area contributed by atoms with Gasteiger partial charge in [-0.3, -0.25) is 4.79 Å². The highest BCUT2D eigenvalue weighted by atomic mass is 35.5. The predicted molar refractivity (Wildman–Crippen MR) is 118 cm³/mol. The summed E-state index contributed by atoms with van der Waals surface area (Å²) < 4.78 is 28.9. The van der Waals surface area contributed by atoms with Crippen LogP contribution in [-0.4, -0.2) is 47.8 Å². The number of aromatic nitrogens is 2. The number of rotatable bonds is 8. The Bertz CT molecular complexity index is 1170. The third-order valence-corrected chi connectivity index (χ3v) is 7.37. The maximum Gasteiger partial charge on any atom is 0.252 e. The van der Waals surface area contributed by atoms with Crippen LogP contribution in [0.15, 0.2) is 47.4 Å². The summed E-state index contributed by atoms with van der Waals surface area (Å²) in [7, 11) is -3.68. The van der Waals surface area contributed by atoms with Crippen LogP contribution in [0.25, 0.3) is 11.0 Å². The van der Waals surface area contributed by atoms with Gasteiger partial charge in [-0.15, -0.1) is 0 Å². The van der Waals surface area contributed by atoms with Crippen LogP contribution in [0.5, 0.6) is 0 Å². The fourth-order valence-electron chi connectivity index (χ4n) is 3.41. The van der Waals surface area contributed by atoms with Gasteiger partial charge in [0.1, 0.15) is 5.82 Å². The number of carbonyl (C=O) groups is 1. The molecule has 1 N–H and O–H groups in total. The van der Waals surface area contributed by atoms with Gasteiger partial charge in [-0.05, 0) is 37.3 Å². The number of hydrogen-bond donors (Lipinski definition) is 1. The van der Waals surface area contributed by atoms with Gasteiger partial charge in [0, 0.05) is 26.2 Å². The van der Waals surface area contributed by atoms with Crippen LogP contribution in [0.3, 0.4) is 0 Å². The number of carbonyl (C=O) groups excluding carboxylic acids is 1. The lowest BCUT2D eigenvalue weighted by Gasteiger charge is -2.19. The normalized spacial score (nSPS) is 11.9. The van der Waals surface area contributed by atoms with Crippen molar-refractivity contribution >= 4 is 38.6 Å². The molecule has 0 aliphatic rings. The summed E-state index contributed by atoms with van der Waals surface area (Å²) in [4.78, 5) is 17.3. The van der Waals surface area contributed by atoms with E-state index in [9.17, 15) is 13.2 Å². The van der Waals surface area contributed by atoms with E-state index in [4.69, 9.17) is 11.6 Å². The SMILES string of the molecule is CCN(CC)S(=O)(=O)c1ccc(Cl)c(C(=O)NCCn2c(C)nc3ccccc32)c1. The summed E-state index contributed by atoms with van der Waals surface area (Å²) in [5.41, 5.74) is 2.03. The maximum absolute atomic E-state index is 12.8. The molecule has 1 aromatic heterocycles. The zero-order valence-electron chi connectivity index (χ0n) is 17.2. The van der Waals surface area contributed by atoms with E-state index in [-0.39, 0.29) is 15.5 Å². The second-order valence-corrected chi connectivity index (χ2v) is 9.13. The smallest absolute Gasteiger partial charge is 0.252 e. The standard InChI is InChI=1S/C21H25ClN4O3S/c1-4-25(5-2)30(28,29)16-10-11-18(22)17(14-16)21(27)23-12-13-26-15(3)24-19-8-6-7-9-20(19)26/h6-11,14H,4-5,12-13H2,1-3H3,(H,23,27). The number of hydrogen-bond acceptors (Lipinski definition) is 4. The molecule has 0 unspecified atom stereocenters. The van der Waals surface area contributed by atoms with E-state index in [2.05, 4.69) is 10.3 Å². The van der Waals surface area contributed by atoms with E-state index >= 15 is 0 Å². The van der Waals surface area contributed by atoms with Crippen LogP contribution in [0.2, 0.25) is 5.02 Å². The molecular formula is C21H25ClN4O3S. The Hall–Kier alpha value is -2.42. The molecule has 0 saturated heterocycles. The molecule has 9 heteroatoms. The van der Waals surface area contributed by atoms with Gasteiger partial charge in [-0.1, -0.05) is 37.6 Å². The number of para-hydroxylation sites is 2. The molecule has 3 rings (SSSR count). The van der Waals surface area contributed by atoms with Crippen LogP contribution < -0.4 is 5.32 Å².